The summed E-state index contributed by atoms with van der Waals surface area (Å²) >= 11 is 0. The molecule has 0 unspecified atom stereocenters. The van der Waals surface area contributed by atoms with Crippen LogP contribution in [0.25, 0.3) is 27.6 Å². The number of nitrogens with zero attached hydrogens (tertiary/aromatic N) is 3. The van der Waals surface area contributed by atoms with Crippen LogP contribution >= 0.6 is 0 Å². The van der Waals surface area contributed by atoms with E-state index in [2.05, 4.69) is 176 Å². The van der Waals surface area contributed by atoms with E-state index in [9.17, 15) is 0 Å². The maximum absolute atomic E-state index is 7.32. The number of pyridine rings is 1. The van der Waals surface area contributed by atoms with Gasteiger partial charge in [0.2, 0.25) is 0 Å². The maximum atomic E-state index is 7.32. The number of aryl methyl sites for hydroxylation is 4. The molecule has 6 heteroatoms. The average molecular weight is 965 g/mol. The molecule has 3 aliphatic rings. The summed E-state index contributed by atoms with van der Waals surface area (Å²) in [6.07, 6.45) is 2.80. The molecule has 2 aliphatic heterocycles. The Kier molecular flexibility index (Phi) is 9.08. The molecule has 5 nitrogen and oxygen atoms in total. The smallest absolute Gasteiger partial charge is 0.507 e. The van der Waals surface area contributed by atoms with Gasteiger partial charge in [0.25, 0.3) is 0 Å². The summed E-state index contributed by atoms with van der Waals surface area (Å²) in [5, 5.41) is 2.38. The van der Waals surface area contributed by atoms with E-state index < -0.39 is 11.1 Å². The maximum Gasteiger partial charge on any atom is 2.00 e. The molecule has 2 atom stereocenters. The summed E-state index contributed by atoms with van der Waals surface area (Å²) in [7, 11) is 0. The zero-order valence-corrected chi connectivity index (χ0v) is 40.1. The zero-order valence-electron chi connectivity index (χ0n) is 37.9. The van der Waals surface area contributed by atoms with Crippen molar-refractivity contribution in [2.45, 2.75) is 145 Å². The van der Waals surface area contributed by atoms with Gasteiger partial charge in [0, 0.05) is 51.6 Å². The Labute approximate surface area is 366 Å². The fourth-order valence-electron chi connectivity index (χ4n) is 10.3. The van der Waals surface area contributed by atoms with Gasteiger partial charge in [-0.05, 0) is 83.4 Å². The third-order valence-corrected chi connectivity index (χ3v) is 13.7. The molecule has 59 heavy (non-hydrogen) atoms. The van der Waals surface area contributed by atoms with E-state index in [1.54, 1.807) is 0 Å². The largest absolute Gasteiger partial charge is 2.00 e. The number of hydrogen-bond acceptors (Lipinski definition) is 4. The molecule has 0 fully saturated rings. The Balaban J connectivity index is 0.00000484. The number of hydrogen-bond donors (Lipinski definition) is 0. The van der Waals surface area contributed by atoms with Gasteiger partial charge in [-0.25, -0.2) is 4.98 Å². The summed E-state index contributed by atoms with van der Waals surface area (Å²) in [6.45, 7) is 36.1. The Morgan fingerprint density at radius 2 is 1.37 bits per heavy atom. The van der Waals surface area contributed by atoms with Crippen LogP contribution in [-0.2, 0) is 54.1 Å². The van der Waals surface area contributed by atoms with Gasteiger partial charge in [-0.15, -0.1) is 28.6 Å². The third kappa shape index (κ3) is 5.94. The molecule has 0 saturated carbocycles. The molecule has 0 N–H and O–H groups in total. The monoisotopic (exact) mass is 964 g/mol. The second-order valence-corrected chi connectivity index (χ2v) is 21.6. The molecule has 308 valence electrons. The Morgan fingerprint density at radius 3 is 2.03 bits per heavy atom. The number of ether oxygens (including phenoxy) is 2. The number of benzene rings is 4. The van der Waals surface area contributed by atoms with Crippen molar-refractivity contribution >= 4 is 27.7 Å². The Bertz CT molecular complexity index is 2800. The molecule has 0 spiro atoms. The second kappa shape index (κ2) is 12.9. The first-order valence-electron chi connectivity index (χ1n) is 21.0. The normalized spacial score (nSPS) is 20.5. The van der Waals surface area contributed by atoms with Crippen LogP contribution in [0.3, 0.4) is 0 Å². The summed E-state index contributed by atoms with van der Waals surface area (Å²) in [4.78, 5) is 10.6. The van der Waals surface area contributed by atoms with E-state index in [4.69, 9.17) is 19.5 Å². The van der Waals surface area contributed by atoms with Crippen molar-refractivity contribution in [1.82, 2.24) is 9.55 Å². The molecular formula is C53H59N3O2Pt. The Hall–Kier alpha value is -4.21. The quantitative estimate of drug-likeness (QED) is 0.166. The molecule has 4 heterocycles. The van der Waals surface area contributed by atoms with Gasteiger partial charge in [0.1, 0.15) is 11.7 Å². The average Bonchev–Trinajstić information content (AvgIpc) is 3.68. The van der Waals surface area contributed by atoms with Crippen molar-refractivity contribution in [3.63, 3.8) is 0 Å². The number of rotatable bonds is 3. The summed E-state index contributed by atoms with van der Waals surface area (Å²) in [5.41, 5.74) is 13.5. The molecular weight excluding hydrogens is 906 g/mol. The van der Waals surface area contributed by atoms with E-state index >= 15 is 0 Å². The summed E-state index contributed by atoms with van der Waals surface area (Å²) < 4.78 is 16.6. The van der Waals surface area contributed by atoms with Crippen molar-refractivity contribution in [1.29, 1.82) is 0 Å². The van der Waals surface area contributed by atoms with E-state index in [0.29, 0.717) is 17.4 Å². The standard InChI is InChI=1S/C53H59N3O2.Pt/c1-29-17-42-46(54-28-29)56-43-26-44(32(4)19-38(43)39-24-36(49(8,9)10)25-41(45(39)56)51(42,14)15)57-37-22-33(21-35(23-37)48(5,6)7)47-55-52(16)27-34-18-30(2)31(3)20-40(34)53(52,58-47)50(11,12)13;/h17-21,23-25,28H,27H2,1-16H3;/q-2;+2/t52-,53-;/m1./s1. The SMILES string of the molecule is Cc1cnc2c(c1)C(C)(C)c1cc(C(C)(C)C)cc3c4cc(C)c(Oc5[c-]c(C6=N[C@]7(C)Cc8cc(C)c(C)cc8[C@]7(C(C)(C)C)O6)cc(C(C)(C)C)c5)[c-]c4n-2c13.[Pt+2]. The Morgan fingerprint density at radius 1 is 0.712 bits per heavy atom. The topological polar surface area (TPSA) is 48.6 Å². The van der Waals surface area contributed by atoms with Crippen molar-refractivity contribution in [3.05, 3.63) is 128 Å². The van der Waals surface area contributed by atoms with Crippen molar-refractivity contribution in [2.75, 3.05) is 0 Å². The molecule has 9 rings (SSSR count). The number of aromatic nitrogens is 2. The van der Waals surface area contributed by atoms with Gasteiger partial charge in [-0.2, -0.15) is 6.07 Å². The van der Waals surface area contributed by atoms with Crippen LogP contribution in [0.5, 0.6) is 11.5 Å². The van der Waals surface area contributed by atoms with Crippen LogP contribution in [0.2, 0.25) is 0 Å². The fourth-order valence-corrected chi connectivity index (χ4v) is 10.3. The molecule has 0 bridgehead atoms. The first-order chi connectivity index (χ1) is 26.8. The molecule has 6 aromatic rings. The van der Waals surface area contributed by atoms with Crippen molar-refractivity contribution in [2.24, 2.45) is 10.4 Å². The number of fused-ring (bicyclic) bond motifs is 8. The van der Waals surface area contributed by atoms with Gasteiger partial charge < -0.3 is 14.0 Å². The second-order valence-electron chi connectivity index (χ2n) is 21.6. The molecule has 0 amide bonds. The molecule has 0 saturated heterocycles. The van der Waals surface area contributed by atoms with E-state index in [0.717, 1.165) is 45.4 Å². The molecule has 0 radical (unpaired) electrons. The summed E-state index contributed by atoms with van der Waals surface area (Å²) in [5.74, 6) is 2.86. The van der Waals surface area contributed by atoms with Crippen LogP contribution in [-0.4, -0.2) is 21.0 Å². The van der Waals surface area contributed by atoms with Crippen LogP contribution in [0.1, 0.15) is 144 Å². The van der Waals surface area contributed by atoms with Gasteiger partial charge in [-0.3, -0.25) is 4.99 Å². The zero-order chi connectivity index (χ0) is 41.9. The fraction of sp³-hybridized carbons (Fsp3) is 0.434. The predicted octanol–water partition coefficient (Wildman–Crippen LogP) is 13.1. The van der Waals surface area contributed by atoms with Crippen molar-refractivity contribution < 1.29 is 30.5 Å². The number of aliphatic imine (C=N–C) groups is 1. The first-order valence-corrected chi connectivity index (χ1v) is 21.0. The van der Waals surface area contributed by atoms with E-state index in [1.165, 1.54) is 49.8 Å². The van der Waals surface area contributed by atoms with Gasteiger partial charge >= 0.3 is 21.1 Å². The van der Waals surface area contributed by atoms with Crippen molar-refractivity contribution in [3.8, 4) is 17.3 Å². The minimum Gasteiger partial charge on any atom is -0.507 e. The summed E-state index contributed by atoms with van der Waals surface area (Å²) in [6, 6.07) is 25.9. The molecule has 4 aromatic carbocycles. The van der Waals surface area contributed by atoms with E-state index in [-0.39, 0.29) is 42.7 Å². The molecule has 1 aliphatic carbocycles. The van der Waals surface area contributed by atoms with E-state index in [1.807, 2.05) is 6.20 Å². The van der Waals surface area contributed by atoms with Gasteiger partial charge in [-0.1, -0.05) is 131 Å². The van der Waals surface area contributed by atoms with Crippen LogP contribution in [0, 0.1) is 45.2 Å². The third-order valence-electron chi connectivity index (χ3n) is 13.7. The minimum absolute atomic E-state index is 0. The predicted molar refractivity (Wildman–Crippen MR) is 239 cm³/mol. The van der Waals surface area contributed by atoms with Gasteiger partial charge in [0.15, 0.2) is 5.60 Å². The molecule has 2 aromatic heterocycles. The minimum atomic E-state index is -0.632. The van der Waals surface area contributed by atoms with Crippen LogP contribution in [0.15, 0.2) is 59.7 Å². The first kappa shape index (κ1) is 41.5. The van der Waals surface area contributed by atoms with Gasteiger partial charge in [0.05, 0.1) is 5.54 Å². The van der Waals surface area contributed by atoms with Crippen LogP contribution in [0.4, 0.5) is 0 Å². The van der Waals surface area contributed by atoms with Crippen LogP contribution < -0.4 is 4.74 Å².